The molecule has 0 aliphatic heterocycles. The molecule has 1 aromatic rings. The van der Waals surface area contributed by atoms with Gasteiger partial charge in [0.25, 0.3) is 0 Å². The van der Waals surface area contributed by atoms with Crippen molar-refractivity contribution in [2.75, 3.05) is 46.3 Å². The third kappa shape index (κ3) is 3.48. The lowest BCUT2D eigenvalue weighted by Gasteiger charge is -2.21. The van der Waals surface area contributed by atoms with Crippen LogP contribution in [0.3, 0.4) is 0 Å². The topological polar surface area (TPSA) is 99.7 Å². The third-order valence-corrected chi connectivity index (χ3v) is 5.06. The van der Waals surface area contributed by atoms with Crippen LogP contribution >= 0.6 is 0 Å². The molecule has 0 amide bonds. The lowest BCUT2D eigenvalue weighted by molar-refractivity contribution is 0.150. The van der Waals surface area contributed by atoms with Gasteiger partial charge < -0.3 is 15.2 Å². The molecule has 116 valence electrons. The van der Waals surface area contributed by atoms with Crippen molar-refractivity contribution >= 4 is 15.8 Å². The molecule has 0 saturated heterocycles. The van der Waals surface area contributed by atoms with Gasteiger partial charge in [-0.1, -0.05) is 0 Å². The summed E-state index contributed by atoms with van der Waals surface area (Å²) in [7, 11) is 0.968. The van der Waals surface area contributed by atoms with Crippen LogP contribution in [0, 0.1) is 6.92 Å². The average Bonchev–Trinajstić information content (AvgIpc) is 2.63. The molecule has 0 aromatic carbocycles. The third-order valence-electron chi connectivity index (χ3n) is 2.99. The highest BCUT2D eigenvalue weighted by Crippen LogP contribution is 2.24. The van der Waals surface area contributed by atoms with Crippen LogP contribution in [0.4, 0.5) is 5.82 Å². The monoisotopic (exact) mass is 306 g/mol. The fraction of sp³-hybridized carbons (Fsp3) is 0.727. The zero-order valence-corrected chi connectivity index (χ0v) is 13.1. The molecule has 9 heteroatoms. The SMILES string of the molecule is COCCN(CCOC)S(=O)(=O)c1c(N)nn(C)c1C. The number of aryl methyl sites for hydroxylation is 1. The number of sulfonamides is 1. The molecule has 20 heavy (non-hydrogen) atoms. The summed E-state index contributed by atoms with van der Waals surface area (Å²) in [4.78, 5) is 0.0483. The second-order valence-corrected chi connectivity index (χ2v) is 6.19. The van der Waals surface area contributed by atoms with E-state index in [9.17, 15) is 8.42 Å². The Bertz CT molecular complexity index is 533. The Labute approximate surface area is 119 Å². The summed E-state index contributed by atoms with van der Waals surface area (Å²) in [6.07, 6.45) is 0. The molecular weight excluding hydrogens is 284 g/mol. The molecule has 1 rings (SSSR count). The number of nitrogens with zero attached hydrogens (tertiary/aromatic N) is 3. The summed E-state index contributed by atoms with van der Waals surface area (Å²) < 4.78 is 38.0. The molecule has 0 unspecified atom stereocenters. The zero-order chi connectivity index (χ0) is 15.3. The van der Waals surface area contributed by atoms with Gasteiger partial charge in [0.15, 0.2) is 5.82 Å². The minimum absolute atomic E-state index is 0.00448. The number of hydrogen-bond acceptors (Lipinski definition) is 6. The molecule has 1 aromatic heterocycles. The van der Waals surface area contributed by atoms with E-state index in [-0.39, 0.29) is 23.8 Å². The fourth-order valence-corrected chi connectivity index (χ4v) is 3.50. The number of rotatable bonds is 8. The largest absolute Gasteiger partial charge is 0.383 e. The van der Waals surface area contributed by atoms with Crippen LogP contribution in [0.2, 0.25) is 0 Å². The van der Waals surface area contributed by atoms with Crippen molar-refractivity contribution in [3.8, 4) is 0 Å². The standard InChI is InChI=1S/C11H22N4O4S/c1-9-10(11(12)13-14(9)2)20(16,17)15(5-7-18-3)6-8-19-4/h5-8H2,1-4H3,(H2,12,13). The number of methoxy groups -OCH3 is 2. The highest BCUT2D eigenvalue weighted by molar-refractivity contribution is 7.89. The molecule has 0 saturated carbocycles. The Hall–Kier alpha value is -1.16. The van der Waals surface area contributed by atoms with Gasteiger partial charge in [0.2, 0.25) is 10.0 Å². The van der Waals surface area contributed by atoms with Gasteiger partial charge in [-0.15, -0.1) is 0 Å². The maximum absolute atomic E-state index is 12.7. The highest BCUT2D eigenvalue weighted by atomic mass is 32.2. The van der Waals surface area contributed by atoms with E-state index in [1.165, 1.54) is 23.2 Å². The summed E-state index contributed by atoms with van der Waals surface area (Å²) >= 11 is 0. The van der Waals surface area contributed by atoms with Crippen LogP contribution < -0.4 is 5.73 Å². The summed E-state index contributed by atoms with van der Waals surface area (Å²) in [6.45, 7) is 2.72. The zero-order valence-electron chi connectivity index (χ0n) is 12.3. The number of aromatic nitrogens is 2. The van der Waals surface area contributed by atoms with Crippen LogP contribution in [0.5, 0.6) is 0 Å². The average molecular weight is 306 g/mol. The van der Waals surface area contributed by atoms with Crippen molar-refractivity contribution in [2.24, 2.45) is 7.05 Å². The summed E-state index contributed by atoms with van der Waals surface area (Å²) in [5.41, 5.74) is 6.23. The number of nitrogen functional groups attached to an aromatic ring is 1. The van der Waals surface area contributed by atoms with Crippen LogP contribution in [-0.4, -0.2) is 63.0 Å². The highest BCUT2D eigenvalue weighted by Gasteiger charge is 2.30. The Kier molecular flexibility index (Phi) is 5.93. The van der Waals surface area contributed by atoms with Crippen LogP contribution in [0.1, 0.15) is 5.69 Å². The van der Waals surface area contributed by atoms with Gasteiger partial charge in [-0.2, -0.15) is 9.40 Å². The molecule has 0 aliphatic rings. The van der Waals surface area contributed by atoms with Crippen LogP contribution in [0.25, 0.3) is 0 Å². The second kappa shape index (κ2) is 7.02. The second-order valence-electron chi connectivity index (χ2n) is 4.31. The van der Waals surface area contributed by atoms with E-state index >= 15 is 0 Å². The van der Waals surface area contributed by atoms with Gasteiger partial charge in [0, 0.05) is 34.4 Å². The quantitative estimate of drug-likeness (QED) is 0.701. The Morgan fingerprint density at radius 1 is 1.25 bits per heavy atom. The minimum atomic E-state index is -3.72. The molecule has 1 heterocycles. The molecule has 0 fully saturated rings. The van der Waals surface area contributed by atoms with Gasteiger partial charge in [-0.25, -0.2) is 8.42 Å². The maximum Gasteiger partial charge on any atom is 0.248 e. The molecular formula is C11H22N4O4S. The van der Waals surface area contributed by atoms with E-state index in [0.717, 1.165) is 0 Å². The lowest BCUT2D eigenvalue weighted by Crippen LogP contribution is -2.37. The Balaban J connectivity index is 3.14. The molecule has 0 aliphatic carbocycles. The van der Waals surface area contributed by atoms with E-state index in [4.69, 9.17) is 15.2 Å². The lowest BCUT2D eigenvalue weighted by atomic mass is 10.5. The molecule has 0 atom stereocenters. The van der Waals surface area contributed by atoms with Crippen molar-refractivity contribution in [1.29, 1.82) is 0 Å². The minimum Gasteiger partial charge on any atom is -0.383 e. The van der Waals surface area contributed by atoms with E-state index in [0.29, 0.717) is 18.9 Å². The molecule has 0 radical (unpaired) electrons. The van der Waals surface area contributed by atoms with Crippen molar-refractivity contribution in [2.45, 2.75) is 11.8 Å². The molecule has 0 spiro atoms. The summed E-state index contributed by atoms with van der Waals surface area (Å²) in [6, 6.07) is 0. The molecule has 8 nitrogen and oxygen atoms in total. The first kappa shape index (κ1) is 16.9. The molecule has 2 N–H and O–H groups in total. The Morgan fingerprint density at radius 3 is 2.10 bits per heavy atom. The fourth-order valence-electron chi connectivity index (χ4n) is 1.80. The first-order chi connectivity index (χ1) is 9.36. The van der Waals surface area contributed by atoms with Gasteiger partial charge in [-0.3, -0.25) is 4.68 Å². The predicted molar refractivity (Wildman–Crippen MR) is 74.9 cm³/mol. The van der Waals surface area contributed by atoms with Crippen LogP contribution in [0.15, 0.2) is 4.90 Å². The number of nitrogens with two attached hydrogens (primary N) is 1. The first-order valence-electron chi connectivity index (χ1n) is 6.13. The maximum atomic E-state index is 12.7. The molecule has 0 bridgehead atoms. The normalized spacial score (nSPS) is 12.2. The van der Waals surface area contributed by atoms with E-state index in [2.05, 4.69) is 5.10 Å². The number of hydrogen-bond donors (Lipinski definition) is 1. The van der Waals surface area contributed by atoms with Gasteiger partial charge in [0.05, 0.1) is 18.9 Å². The first-order valence-corrected chi connectivity index (χ1v) is 7.57. The van der Waals surface area contributed by atoms with Gasteiger partial charge >= 0.3 is 0 Å². The number of anilines is 1. The van der Waals surface area contributed by atoms with Gasteiger partial charge in [0.1, 0.15) is 4.90 Å². The summed E-state index contributed by atoms with van der Waals surface area (Å²) in [5.74, 6) is 0.00448. The number of ether oxygens (including phenoxy) is 2. The van der Waals surface area contributed by atoms with Crippen LogP contribution in [-0.2, 0) is 26.5 Å². The smallest absolute Gasteiger partial charge is 0.248 e. The van der Waals surface area contributed by atoms with Crippen molar-refractivity contribution < 1.29 is 17.9 Å². The van der Waals surface area contributed by atoms with E-state index < -0.39 is 10.0 Å². The summed E-state index contributed by atoms with van der Waals surface area (Å²) in [5, 5.41) is 3.95. The van der Waals surface area contributed by atoms with E-state index in [1.807, 2.05) is 0 Å². The van der Waals surface area contributed by atoms with E-state index in [1.54, 1.807) is 14.0 Å². The van der Waals surface area contributed by atoms with Crippen molar-refractivity contribution in [3.05, 3.63) is 5.69 Å². The Morgan fingerprint density at radius 2 is 1.75 bits per heavy atom. The van der Waals surface area contributed by atoms with Crippen molar-refractivity contribution in [3.63, 3.8) is 0 Å². The van der Waals surface area contributed by atoms with Gasteiger partial charge in [-0.05, 0) is 6.92 Å². The predicted octanol–water partition coefficient (Wildman–Crippen LogP) is -0.406. The van der Waals surface area contributed by atoms with Crippen molar-refractivity contribution in [1.82, 2.24) is 14.1 Å².